The van der Waals surface area contributed by atoms with Crippen molar-refractivity contribution in [2.45, 2.75) is 58.5 Å². The van der Waals surface area contributed by atoms with Crippen LogP contribution in [-0.2, 0) is 4.79 Å². The van der Waals surface area contributed by atoms with Crippen LogP contribution in [0.5, 0.6) is 0 Å². The van der Waals surface area contributed by atoms with Gasteiger partial charge in [-0.25, -0.2) is 0 Å². The first-order chi connectivity index (χ1) is 7.06. The van der Waals surface area contributed by atoms with Crippen LogP contribution in [0.4, 0.5) is 0 Å². The number of carboxylic acid groups (broad SMARTS) is 1. The Kier molecular flexibility index (Phi) is 4.58. The molecular formula is C12H23NO2. The van der Waals surface area contributed by atoms with E-state index >= 15 is 0 Å². The summed E-state index contributed by atoms with van der Waals surface area (Å²) in [4.78, 5) is 13.2. The minimum absolute atomic E-state index is 0.234. The molecule has 0 aliphatic carbocycles. The molecule has 0 amide bonds. The van der Waals surface area contributed by atoms with Gasteiger partial charge in [0.2, 0.25) is 0 Å². The number of nitrogens with zero attached hydrogens (tertiary/aromatic N) is 1. The molecular weight excluding hydrogens is 190 g/mol. The van der Waals surface area contributed by atoms with Gasteiger partial charge in [-0.1, -0.05) is 20.8 Å². The summed E-state index contributed by atoms with van der Waals surface area (Å²) in [5.74, 6) is -0.0356. The molecule has 1 rings (SSSR count). The number of aliphatic carboxylic acids is 1. The molecule has 0 aromatic heterocycles. The third-order valence-corrected chi connectivity index (χ3v) is 3.46. The first-order valence-electron chi connectivity index (χ1n) is 6.03. The van der Waals surface area contributed by atoms with Crippen LogP contribution in [-0.4, -0.2) is 34.6 Å². The van der Waals surface area contributed by atoms with E-state index < -0.39 is 5.97 Å². The number of rotatable bonds is 5. The first-order valence-corrected chi connectivity index (χ1v) is 6.03. The molecule has 3 heteroatoms. The quantitative estimate of drug-likeness (QED) is 0.762. The second-order valence-electron chi connectivity index (χ2n) is 4.85. The molecule has 0 saturated carbocycles. The molecule has 1 N–H and O–H groups in total. The average molecular weight is 213 g/mol. The maximum atomic E-state index is 10.8. The Morgan fingerprint density at radius 2 is 2.20 bits per heavy atom. The third-order valence-electron chi connectivity index (χ3n) is 3.46. The van der Waals surface area contributed by atoms with Gasteiger partial charge in [-0.15, -0.1) is 0 Å². The van der Waals surface area contributed by atoms with Crippen molar-refractivity contribution in [1.82, 2.24) is 4.90 Å². The van der Waals surface area contributed by atoms with Gasteiger partial charge in [-0.2, -0.15) is 0 Å². The number of hydrogen-bond acceptors (Lipinski definition) is 2. The van der Waals surface area contributed by atoms with Crippen LogP contribution in [0.2, 0.25) is 0 Å². The van der Waals surface area contributed by atoms with E-state index in [1.807, 2.05) is 0 Å². The summed E-state index contributed by atoms with van der Waals surface area (Å²) in [6.45, 7) is 7.63. The smallest absolute Gasteiger partial charge is 0.304 e. The highest BCUT2D eigenvalue weighted by atomic mass is 16.4. The summed E-state index contributed by atoms with van der Waals surface area (Å²) >= 11 is 0. The van der Waals surface area contributed by atoms with Crippen LogP contribution in [0.1, 0.15) is 46.5 Å². The Morgan fingerprint density at radius 1 is 1.53 bits per heavy atom. The van der Waals surface area contributed by atoms with E-state index in [1.54, 1.807) is 0 Å². The lowest BCUT2D eigenvalue weighted by atomic mass is 9.99. The molecule has 0 spiro atoms. The molecule has 1 aliphatic heterocycles. The van der Waals surface area contributed by atoms with Crippen molar-refractivity contribution in [3.05, 3.63) is 0 Å². The number of carboxylic acids is 1. The van der Waals surface area contributed by atoms with E-state index in [4.69, 9.17) is 5.11 Å². The summed E-state index contributed by atoms with van der Waals surface area (Å²) in [6.07, 6.45) is 3.68. The highest BCUT2D eigenvalue weighted by molar-refractivity contribution is 5.67. The fraction of sp³-hybridized carbons (Fsp3) is 0.917. The van der Waals surface area contributed by atoms with Gasteiger partial charge >= 0.3 is 5.97 Å². The minimum Gasteiger partial charge on any atom is -0.481 e. The summed E-state index contributed by atoms with van der Waals surface area (Å²) in [6, 6.07) is 0.826. The second-order valence-corrected chi connectivity index (χ2v) is 4.85. The van der Waals surface area contributed by atoms with E-state index in [-0.39, 0.29) is 6.04 Å². The molecule has 88 valence electrons. The zero-order chi connectivity index (χ0) is 11.4. The highest BCUT2D eigenvalue weighted by Gasteiger charge is 2.32. The lowest BCUT2D eigenvalue weighted by Gasteiger charge is -2.33. The van der Waals surface area contributed by atoms with Crippen LogP contribution < -0.4 is 0 Å². The summed E-state index contributed by atoms with van der Waals surface area (Å²) in [5, 5.41) is 8.87. The Hall–Kier alpha value is -0.570. The van der Waals surface area contributed by atoms with Gasteiger partial charge < -0.3 is 5.11 Å². The maximum absolute atomic E-state index is 10.8. The molecule has 0 aromatic rings. The molecule has 0 aromatic carbocycles. The van der Waals surface area contributed by atoms with Crippen molar-refractivity contribution in [3.8, 4) is 0 Å². The molecule has 2 atom stereocenters. The van der Waals surface area contributed by atoms with E-state index in [9.17, 15) is 4.79 Å². The van der Waals surface area contributed by atoms with Crippen LogP contribution in [0.15, 0.2) is 0 Å². The zero-order valence-corrected chi connectivity index (χ0v) is 10.1. The summed E-state index contributed by atoms with van der Waals surface area (Å²) in [5.41, 5.74) is 0. The zero-order valence-electron chi connectivity index (χ0n) is 10.1. The molecule has 0 bridgehead atoms. The largest absolute Gasteiger partial charge is 0.481 e. The van der Waals surface area contributed by atoms with Crippen LogP contribution in [0.3, 0.4) is 0 Å². The molecule has 3 nitrogen and oxygen atoms in total. The lowest BCUT2D eigenvalue weighted by Crippen LogP contribution is -2.42. The van der Waals surface area contributed by atoms with Gasteiger partial charge in [0, 0.05) is 12.1 Å². The monoisotopic (exact) mass is 213 g/mol. The maximum Gasteiger partial charge on any atom is 0.304 e. The Balaban J connectivity index is 2.61. The van der Waals surface area contributed by atoms with Gasteiger partial charge in [0.1, 0.15) is 0 Å². The van der Waals surface area contributed by atoms with Crippen molar-refractivity contribution >= 4 is 5.97 Å². The van der Waals surface area contributed by atoms with Crippen LogP contribution in [0, 0.1) is 5.92 Å². The van der Waals surface area contributed by atoms with Crippen molar-refractivity contribution in [3.63, 3.8) is 0 Å². The predicted molar refractivity (Wildman–Crippen MR) is 60.9 cm³/mol. The molecule has 2 unspecified atom stereocenters. The molecule has 15 heavy (non-hydrogen) atoms. The minimum atomic E-state index is -0.670. The Bertz CT molecular complexity index is 216. The normalized spacial score (nSPS) is 24.7. The van der Waals surface area contributed by atoms with Crippen LogP contribution in [0.25, 0.3) is 0 Å². The summed E-state index contributed by atoms with van der Waals surface area (Å²) < 4.78 is 0. The number of carbonyl (C=O) groups is 1. The van der Waals surface area contributed by atoms with Crippen molar-refractivity contribution in [2.75, 3.05) is 6.54 Å². The van der Waals surface area contributed by atoms with Gasteiger partial charge in [0.05, 0.1) is 6.42 Å². The van der Waals surface area contributed by atoms with Crippen LogP contribution >= 0.6 is 0 Å². The van der Waals surface area contributed by atoms with Crippen molar-refractivity contribution in [1.29, 1.82) is 0 Å². The average Bonchev–Trinajstić information content (AvgIpc) is 2.62. The standard InChI is InChI=1S/C12H23NO2/c1-4-10(8-12(14)15)13-7-5-6-11(13)9(2)3/h9-11H,4-8H2,1-3H3,(H,14,15). The first kappa shape index (κ1) is 12.5. The predicted octanol–water partition coefficient (Wildman–Crippen LogP) is 2.36. The van der Waals surface area contributed by atoms with E-state index in [0.717, 1.165) is 13.0 Å². The molecule has 1 heterocycles. The molecule has 1 fully saturated rings. The Morgan fingerprint density at radius 3 is 2.67 bits per heavy atom. The fourth-order valence-electron chi connectivity index (χ4n) is 2.68. The SMILES string of the molecule is CCC(CC(=O)O)N1CCCC1C(C)C. The second kappa shape index (κ2) is 5.50. The molecule has 0 radical (unpaired) electrons. The number of hydrogen-bond donors (Lipinski definition) is 1. The van der Waals surface area contributed by atoms with E-state index in [0.29, 0.717) is 18.4 Å². The number of likely N-dealkylation sites (tertiary alicyclic amines) is 1. The van der Waals surface area contributed by atoms with Gasteiger partial charge in [-0.05, 0) is 31.7 Å². The van der Waals surface area contributed by atoms with E-state index in [1.165, 1.54) is 12.8 Å². The topological polar surface area (TPSA) is 40.5 Å². The van der Waals surface area contributed by atoms with Crippen molar-refractivity contribution < 1.29 is 9.90 Å². The third kappa shape index (κ3) is 3.20. The Labute approximate surface area is 92.5 Å². The van der Waals surface area contributed by atoms with Gasteiger partial charge in [0.15, 0.2) is 0 Å². The molecule has 1 saturated heterocycles. The van der Waals surface area contributed by atoms with E-state index in [2.05, 4.69) is 25.7 Å². The fourth-order valence-corrected chi connectivity index (χ4v) is 2.68. The molecule has 1 aliphatic rings. The highest BCUT2D eigenvalue weighted by Crippen LogP contribution is 2.27. The van der Waals surface area contributed by atoms with Gasteiger partial charge in [0.25, 0.3) is 0 Å². The summed E-state index contributed by atoms with van der Waals surface area (Å²) in [7, 11) is 0. The lowest BCUT2D eigenvalue weighted by molar-refractivity contribution is -0.138. The van der Waals surface area contributed by atoms with Crippen molar-refractivity contribution in [2.24, 2.45) is 5.92 Å². The van der Waals surface area contributed by atoms with Gasteiger partial charge in [-0.3, -0.25) is 9.69 Å².